The van der Waals surface area contributed by atoms with Gasteiger partial charge in [0.2, 0.25) is 0 Å². The van der Waals surface area contributed by atoms with Crippen molar-refractivity contribution in [1.82, 2.24) is 5.32 Å². The van der Waals surface area contributed by atoms with Crippen molar-refractivity contribution < 1.29 is 13.6 Å². The maximum absolute atomic E-state index is 13.4. The molecule has 0 aromatic heterocycles. The number of rotatable bonds is 3. The molecule has 20 heavy (non-hydrogen) atoms. The maximum Gasteiger partial charge on any atom is 0.251 e. The average Bonchev–Trinajstić information content (AvgIpc) is 2.40. The Morgan fingerprint density at radius 2 is 1.95 bits per heavy atom. The van der Waals surface area contributed by atoms with Gasteiger partial charge in [0.25, 0.3) is 5.91 Å². The smallest absolute Gasteiger partial charge is 0.251 e. The monoisotopic (exact) mass is 296 g/mol. The predicted octanol–water partition coefficient (Wildman–Crippen LogP) is 3.13. The SMILES string of the molecule is Nc1ccc(C(=O)NCc2ccc(F)cc2F)cc1Cl. The summed E-state index contributed by atoms with van der Waals surface area (Å²) in [5.74, 6) is -1.79. The summed E-state index contributed by atoms with van der Waals surface area (Å²) in [5, 5.41) is 2.79. The van der Waals surface area contributed by atoms with Crippen LogP contribution >= 0.6 is 11.6 Å². The fourth-order valence-corrected chi connectivity index (χ4v) is 1.79. The van der Waals surface area contributed by atoms with Crippen LogP contribution in [0.25, 0.3) is 0 Å². The molecule has 0 heterocycles. The molecule has 3 N–H and O–H groups in total. The number of nitrogen functional groups attached to an aromatic ring is 1. The normalized spacial score (nSPS) is 10.3. The molecular formula is C14H11ClF2N2O. The summed E-state index contributed by atoms with van der Waals surface area (Å²) in [6.45, 7) is -0.0487. The van der Waals surface area contributed by atoms with E-state index in [-0.39, 0.29) is 17.1 Å². The quantitative estimate of drug-likeness (QED) is 0.855. The molecule has 0 bridgehead atoms. The number of hydrogen-bond acceptors (Lipinski definition) is 2. The Balaban J connectivity index is 2.06. The molecule has 0 spiro atoms. The summed E-state index contributed by atoms with van der Waals surface area (Å²) in [6, 6.07) is 7.62. The minimum absolute atomic E-state index is 0.0487. The molecule has 2 aromatic rings. The fraction of sp³-hybridized carbons (Fsp3) is 0.0714. The van der Waals surface area contributed by atoms with E-state index in [1.165, 1.54) is 24.3 Å². The van der Waals surface area contributed by atoms with Gasteiger partial charge in [-0.15, -0.1) is 0 Å². The third kappa shape index (κ3) is 3.24. The van der Waals surface area contributed by atoms with Crippen LogP contribution in [0.5, 0.6) is 0 Å². The van der Waals surface area contributed by atoms with Crippen LogP contribution < -0.4 is 11.1 Å². The highest BCUT2D eigenvalue weighted by atomic mass is 35.5. The lowest BCUT2D eigenvalue weighted by Crippen LogP contribution is -2.23. The summed E-state index contributed by atoms with van der Waals surface area (Å²) < 4.78 is 26.1. The summed E-state index contributed by atoms with van der Waals surface area (Å²) >= 11 is 5.81. The first-order valence-electron chi connectivity index (χ1n) is 5.74. The van der Waals surface area contributed by atoms with Crippen LogP contribution in [0.1, 0.15) is 15.9 Å². The third-order valence-corrected chi connectivity index (χ3v) is 3.04. The number of carbonyl (C=O) groups is 1. The second-order valence-corrected chi connectivity index (χ2v) is 4.56. The molecule has 6 heteroatoms. The van der Waals surface area contributed by atoms with Crippen molar-refractivity contribution in [3.63, 3.8) is 0 Å². The van der Waals surface area contributed by atoms with E-state index >= 15 is 0 Å². The minimum atomic E-state index is -0.708. The van der Waals surface area contributed by atoms with Gasteiger partial charge in [-0.2, -0.15) is 0 Å². The second kappa shape index (κ2) is 5.88. The Morgan fingerprint density at radius 1 is 1.20 bits per heavy atom. The number of amides is 1. The Morgan fingerprint density at radius 3 is 2.60 bits per heavy atom. The van der Waals surface area contributed by atoms with Gasteiger partial charge >= 0.3 is 0 Å². The fourth-order valence-electron chi connectivity index (χ4n) is 1.61. The van der Waals surface area contributed by atoms with Crippen molar-refractivity contribution in [3.05, 3.63) is 64.2 Å². The van der Waals surface area contributed by atoms with Crippen molar-refractivity contribution in [3.8, 4) is 0 Å². The largest absolute Gasteiger partial charge is 0.398 e. The molecule has 0 saturated heterocycles. The molecule has 0 radical (unpaired) electrons. The zero-order valence-electron chi connectivity index (χ0n) is 10.3. The van der Waals surface area contributed by atoms with Crippen molar-refractivity contribution >= 4 is 23.2 Å². The lowest BCUT2D eigenvalue weighted by Gasteiger charge is -2.07. The van der Waals surface area contributed by atoms with Crippen LogP contribution in [-0.2, 0) is 6.54 Å². The number of nitrogens with two attached hydrogens (primary N) is 1. The van der Waals surface area contributed by atoms with Crippen LogP contribution in [0, 0.1) is 11.6 Å². The Hall–Kier alpha value is -2.14. The van der Waals surface area contributed by atoms with Gasteiger partial charge in [0.05, 0.1) is 10.7 Å². The van der Waals surface area contributed by atoms with Crippen molar-refractivity contribution in [2.45, 2.75) is 6.54 Å². The Labute approximate surface area is 119 Å². The molecule has 1 amide bonds. The molecule has 0 aliphatic heterocycles. The van der Waals surface area contributed by atoms with Crippen molar-refractivity contribution in [1.29, 1.82) is 0 Å². The first-order valence-corrected chi connectivity index (χ1v) is 6.12. The van der Waals surface area contributed by atoms with Gasteiger partial charge < -0.3 is 11.1 Å². The van der Waals surface area contributed by atoms with Gasteiger partial charge in [0, 0.05) is 23.7 Å². The van der Waals surface area contributed by atoms with Gasteiger partial charge in [-0.05, 0) is 24.3 Å². The highest BCUT2D eigenvalue weighted by Crippen LogP contribution is 2.19. The van der Waals surface area contributed by atoms with Gasteiger partial charge in [0.1, 0.15) is 11.6 Å². The molecule has 0 unspecified atom stereocenters. The number of anilines is 1. The summed E-state index contributed by atoms with van der Waals surface area (Å²) in [4.78, 5) is 11.9. The molecule has 0 saturated carbocycles. The van der Waals surface area contributed by atoms with Crippen LogP contribution in [0.4, 0.5) is 14.5 Å². The number of nitrogens with one attached hydrogen (secondary N) is 1. The van der Waals surface area contributed by atoms with Crippen molar-refractivity contribution in [2.24, 2.45) is 0 Å². The Bertz CT molecular complexity index is 662. The van der Waals surface area contributed by atoms with Crippen LogP contribution in [0.15, 0.2) is 36.4 Å². The second-order valence-electron chi connectivity index (χ2n) is 4.15. The molecular weight excluding hydrogens is 286 g/mol. The predicted molar refractivity (Wildman–Crippen MR) is 73.4 cm³/mol. The zero-order valence-corrected chi connectivity index (χ0v) is 11.0. The van der Waals surface area contributed by atoms with E-state index in [2.05, 4.69) is 5.32 Å². The number of halogens is 3. The minimum Gasteiger partial charge on any atom is -0.398 e. The van der Waals surface area contributed by atoms with Gasteiger partial charge in [-0.25, -0.2) is 8.78 Å². The average molecular weight is 297 g/mol. The van der Waals surface area contributed by atoms with E-state index in [0.717, 1.165) is 12.1 Å². The van der Waals surface area contributed by atoms with Crippen LogP contribution in [-0.4, -0.2) is 5.91 Å². The van der Waals surface area contributed by atoms with E-state index < -0.39 is 17.5 Å². The lowest BCUT2D eigenvalue weighted by molar-refractivity contribution is 0.0950. The molecule has 0 aliphatic carbocycles. The highest BCUT2D eigenvalue weighted by Gasteiger charge is 2.09. The third-order valence-electron chi connectivity index (χ3n) is 2.72. The molecule has 0 atom stereocenters. The zero-order chi connectivity index (χ0) is 14.7. The lowest BCUT2D eigenvalue weighted by atomic mass is 10.1. The first-order chi connectivity index (χ1) is 9.47. The molecule has 2 aromatic carbocycles. The van der Waals surface area contributed by atoms with E-state index in [1.807, 2.05) is 0 Å². The van der Waals surface area contributed by atoms with E-state index in [1.54, 1.807) is 0 Å². The standard InChI is InChI=1S/C14H11ClF2N2O/c15-11-5-8(2-4-13(11)18)14(20)19-7-9-1-3-10(16)6-12(9)17/h1-6H,7,18H2,(H,19,20). The van der Waals surface area contributed by atoms with Gasteiger partial charge in [-0.1, -0.05) is 17.7 Å². The number of hydrogen-bond donors (Lipinski definition) is 2. The number of carbonyl (C=O) groups excluding carboxylic acids is 1. The number of benzene rings is 2. The van der Waals surface area contributed by atoms with E-state index in [4.69, 9.17) is 17.3 Å². The van der Waals surface area contributed by atoms with Crippen LogP contribution in [0.3, 0.4) is 0 Å². The summed E-state index contributed by atoms with van der Waals surface area (Å²) in [7, 11) is 0. The molecule has 0 aliphatic rings. The maximum atomic E-state index is 13.4. The molecule has 104 valence electrons. The molecule has 2 rings (SSSR count). The van der Waals surface area contributed by atoms with E-state index in [0.29, 0.717) is 11.3 Å². The summed E-state index contributed by atoms with van der Waals surface area (Å²) in [6.07, 6.45) is 0. The summed E-state index contributed by atoms with van der Waals surface area (Å²) in [5.41, 5.74) is 6.41. The molecule has 0 fully saturated rings. The van der Waals surface area contributed by atoms with Crippen LogP contribution in [0.2, 0.25) is 5.02 Å². The van der Waals surface area contributed by atoms with Crippen molar-refractivity contribution in [2.75, 3.05) is 5.73 Å². The Kier molecular flexibility index (Phi) is 4.20. The highest BCUT2D eigenvalue weighted by molar-refractivity contribution is 6.33. The van der Waals surface area contributed by atoms with Gasteiger partial charge in [-0.3, -0.25) is 4.79 Å². The molecule has 3 nitrogen and oxygen atoms in total. The first kappa shape index (κ1) is 14.3. The van der Waals surface area contributed by atoms with E-state index in [9.17, 15) is 13.6 Å². The van der Waals surface area contributed by atoms with Gasteiger partial charge in [0.15, 0.2) is 0 Å². The topological polar surface area (TPSA) is 55.1 Å².